The van der Waals surface area contributed by atoms with Gasteiger partial charge in [0.15, 0.2) is 0 Å². The fraction of sp³-hybridized carbons (Fsp3) is 0.294. The Hall–Kier alpha value is -1.52. The van der Waals surface area contributed by atoms with Gasteiger partial charge in [-0.3, -0.25) is 0 Å². The van der Waals surface area contributed by atoms with E-state index in [4.69, 9.17) is 15.2 Å². The van der Waals surface area contributed by atoms with Gasteiger partial charge in [-0.2, -0.15) is 0 Å². The van der Waals surface area contributed by atoms with Gasteiger partial charge < -0.3 is 15.2 Å². The molecule has 1 atom stereocenters. The third-order valence-corrected chi connectivity index (χ3v) is 3.64. The van der Waals surface area contributed by atoms with Crippen LogP contribution in [0.4, 0.5) is 0 Å². The highest BCUT2D eigenvalue weighted by atomic mass is 79.9. The van der Waals surface area contributed by atoms with Gasteiger partial charge >= 0.3 is 0 Å². The first-order chi connectivity index (χ1) is 10.1. The van der Waals surface area contributed by atoms with E-state index in [9.17, 15) is 0 Å². The number of nitrogens with two attached hydrogens (primary N) is 1. The zero-order valence-electron chi connectivity index (χ0n) is 12.3. The van der Waals surface area contributed by atoms with Crippen molar-refractivity contribution in [1.82, 2.24) is 0 Å². The van der Waals surface area contributed by atoms with Crippen LogP contribution in [0.25, 0.3) is 0 Å². The smallest absolute Gasteiger partial charge is 0.125 e. The molecule has 2 aromatic rings. The molecule has 0 aliphatic heterocycles. The Morgan fingerprint density at radius 1 is 1.14 bits per heavy atom. The molecule has 2 rings (SSSR count). The van der Waals surface area contributed by atoms with Gasteiger partial charge in [0.1, 0.15) is 18.1 Å². The minimum Gasteiger partial charge on any atom is -0.496 e. The van der Waals surface area contributed by atoms with E-state index in [0.717, 1.165) is 28.0 Å². The molecule has 0 aliphatic carbocycles. The van der Waals surface area contributed by atoms with Crippen molar-refractivity contribution in [2.45, 2.75) is 26.0 Å². The Kier molecular flexibility index (Phi) is 5.65. The summed E-state index contributed by atoms with van der Waals surface area (Å²) in [6.07, 6.45) is 0.843. The third kappa shape index (κ3) is 4.76. The van der Waals surface area contributed by atoms with Crippen LogP contribution in [0.5, 0.6) is 11.5 Å². The summed E-state index contributed by atoms with van der Waals surface area (Å²) in [5.74, 6) is 1.67. The zero-order valence-corrected chi connectivity index (χ0v) is 13.9. The predicted molar refractivity (Wildman–Crippen MR) is 88.8 cm³/mol. The largest absolute Gasteiger partial charge is 0.496 e. The highest BCUT2D eigenvalue weighted by molar-refractivity contribution is 9.10. The summed E-state index contributed by atoms with van der Waals surface area (Å²) in [5.41, 5.74) is 8.08. The van der Waals surface area contributed by atoms with E-state index in [1.807, 2.05) is 43.3 Å². The summed E-state index contributed by atoms with van der Waals surface area (Å²) < 4.78 is 12.2. The number of ether oxygens (including phenoxy) is 2. The van der Waals surface area contributed by atoms with E-state index >= 15 is 0 Å². The van der Waals surface area contributed by atoms with Gasteiger partial charge in [-0.25, -0.2) is 0 Å². The normalized spacial score (nSPS) is 12.0. The number of benzene rings is 2. The predicted octanol–water partition coefficient (Wildman–Crippen LogP) is 3.93. The van der Waals surface area contributed by atoms with Crippen LogP contribution >= 0.6 is 15.9 Å². The summed E-state index contributed by atoms with van der Waals surface area (Å²) in [5, 5.41) is 0. The molecule has 112 valence electrons. The standard InChI is InChI=1S/C17H20BrNO2/c1-12(19)9-13-3-8-17(20-2)14(10-13)11-21-16-6-4-15(18)5-7-16/h3-8,10,12H,9,11,19H2,1-2H3. The van der Waals surface area contributed by atoms with Crippen molar-refractivity contribution in [2.75, 3.05) is 7.11 Å². The van der Waals surface area contributed by atoms with Crippen LogP contribution in [-0.2, 0) is 13.0 Å². The lowest BCUT2D eigenvalue weighted by Crippen LogP contribution is -2.17. The first-order valence-corrected chi connectivity index (χ1v) is 7.67. The van der Waals surface area contributed by atoms with E-state index in [-0.39, 0.29) is 6.04 Å². The van der Waals surface area contributed by atoms with Crippen LogP contribution in [-0.4, -0.2) is 13.2 Å². The van der Waals surface area contributed by atoms with Gasteiger partial charge in [0, 0.05) is 16.1 Å². The number of methoxy groups -OCH3 is 1. The lowest BCUT2D eigenvalue weighted by molar-refractivity contribution is 0.296. The minimum atomic E-state index is 0.138. The SMILES string of the molecule is COc1ccc(CC(C)N)cc1COc1ccc(Br)cc1. The molecule has 0 heterocycles. The quantitative estimate of drug-likeness (QED) is 0.859. The van der Waals surface area contributed by atoms with Gasteiger partial charge in [-0.05, 0) is 55.3 Å². The summed E-state index contributed by atoms with van der Waals surface area (Å²) in [7, 11) is 1.67. The van der Waals surface area contributed by atoms with E-state index in [2.05, 4.69) is 22.0 Å². The Morgan fingerprint density at radius 3 is 2.48 bits per heavy atom. The van der Waals surface area contributed by atoms with E-state index in [1.165, 1.54) is 5.56 Å². The maximum Gasteiger partial charge on any atom is 0.125 e. The molecule has 0 aliphatic rings. The average Bonchev–Trinajstić information content (AvgIpc) is 2.46. The molecule has 0 fully saturated rings. The Balaban J connectivity index is 2.11. The van der Waals surface area contributed by atoms with Gasteiger partial charge in [-0.15, -0.1) is 0 Å². The van der Waals surface area contributed by atoms with Gasteiger partial charge in [0.2, 0.25) is 0 Å². The molecule has 0 aromatic heterocycles. The maximum atomic E-state index is 5.86. The fourth-order valence-corrected chi connectivity index (χ4v) is 2.40. The van der Waals surface area contributed by atoms with Crippen LogP contribution in [0.15, 0.2) is 46.9 Å². The molecule has 0 saturated carbocycles. The first-order valence-electron chi connectivity index (χ1n) is 6.88. The summed E-state index contributed by atoms with van der Waals surface area (Å²) in [6, 6.07) is 14.0. The molecule has 0 saturated heterocycles. The van der Waals surface area contributed by atoms with Crippen molar-refractivity contribution in [3.8, 4) is 11.5 Å². The molecule has 1 unspecified atom stereocenters. The number of hydrogen-bond donors (Lipinski definition) is 1. The van der Waals surface area contributed by atoms with Crippen molar-refractivity contribution in [3.63, 3.8) is 0 Å². The molecular formula is C17H20BrNO2. The summed E-state index contributed by atoms with van der Waals surface area (Å²) in [4.78, 5) is 0. The van der Waals surface area contributed by atoms with Crippen LogP contribution in [0.1, 0.15) is 18.1 Å². The first kappa shape index (κ1) is 15.9. The van der Waals surface area contributed by atoms with Gasteiger partial charge in [-0.1, -0.05) is 22.0 Å². The number of rotatable bonds is 6. The van der Waals surface area contributed by atoms with E-state index in [1.54, 1.807) is 7.11 Å². The second-order valence-corrected chi connectivity index (χ2v) is 5.99. The Labute approximate surface area is 134 Å². The molecule has 2 N–H and O–H groups in total. The van der Waals surface area contributed by atoms with E-state index < -0.39 is 0 Å². The molecular weight excluding hydrogens is 330 g/mol. The van der Waals surface area contributed by atoms with Gasteiger partial charge in [0.25, 0.3) is 0 Å². The minimum absolute atomic E-state index is 0.138. The monoisotopic (exact) mass is 349 g/mol. The highest BCUT2D eigenvalue weighted by Crippen LogP contribution is 2.23. The molecule has 21 heavy (non-hydrogen) atoms. The Bertz CT molecular complexity index is 582. The lowest BCUT2D eigenvalue weighted by atomic mass is 10.0. The number of halogens is 1. The maximum absolute atomic E-state index is 5.86. The number of hydrogen-bond acceptors (Lipinski definition) is 3. The van der Waals surface area contributed by atoms with Crippen molar-refractivity contribution in [3.05, 3.63) is 58.1 Å². The van der Waals surface area contributed by atoms with Crippen LogP contribution in [0.3, 0.4) is 0 Å². The van der Waals surface area contributed by atoms with E-state index in [0.29, 0.717) is 6.61 Å². The van der Waals surface area contributed by atoms with Crippen LogP contribution in [0, 0.1) is 0 Å². The lowest BCUT2D eigenvalue weighted by Gasteiger charge is -2.13. The van der Waals surface area contributed by atoms with Crippen LogP contribution < -0.4 is 15.2 Å². The van der Waals surface area contributed by atoms with Crippen molar-refractivity contribution in [1.29, 1.82) is 0 Å². The average molecular weight is 350 g/mol. The molecule has 4 heteroatoms. The molecule has 3 nitrogen and oxygen atoms in total. The van der Waals surface area contributed by atoms with Crippen molar-refractivity contribution in [2.24, 2.45) is 5.73 Å². The van der Waals surface area contributed by atoms with Crippen molar-refractivity contribution < 1.29 is 9.47 Å². The van der Waals surface area contributed by atoms with Crippen molar-refractivity contribution >= 4 is 15.9 Å². The Morgan fingerprint density at radius 2 is 1.86 bits per heavy atom. The van der Waals surface area contributed by atoms with Gasteiger partial charge in [0.05, 0.1) is 7.11 Å². The topological polar surface area (TPSA) is 44.5 Å². The molecule has 2 aromatic carbocycles. The molecule has 0 bridgehead atoms. The molecule has 0 radical (unpaired) electrons. The second-order valence-electron chi connectivity index (χ2n) is 5.07. The zero-order chi connectivity index (χ0) is 15.2. The molecule has 0 spiro atoms. The highest BCUT2D eigenvalue weighted by Gasteiger charge is 2.07. The fourth-order valence-electron chi connectivity index (χ4n) is 2.14. The third-order valence-electron chi connectivity index (χ3n) is 3.11. The second kappa shape index (κ2) is 7.48. The summed E-state index contributed by atoms with van der Waals surface area (Å²) >= 11 is 3.41. The summed E-state index contributed by atoms with van der Waals surface area (Å²) in [6.45, 7) is 2.47. The molecule has 0 amide bonds. The van der Waals surface area contributed by atoms with Crippen LogP contribution in [0.2, 0.25) is 0 Å².